The van der Waals surface area contributed by atoms with E-state index in [2.05, 4.69) is 15.2 Å². The molecule has 0 aliphatic rings. The number of rotatable bonds is 3. The first-order valence-electron chi connectivity index (χ1n) is 7.31. The highest BCUT2D eigenvalue weighted by Gasteiger charge is 2.10. The molecule has 112 valence electrons. The lowest BCUT2D eigenvalue weighted by atomic mass is 10.1. The zero-order valence-electron chi connectivity index (χ0n) is 12.3. The van der Waals surface area contributed by atoms with Crippen molar-refractivity contribution in [2.75, 3.05) is 0 Å². The number of aromatic nitrogens is 4. The zero-order valence-corrected chi connectivity index (χ0v) is 12.3. The Kier molecular flexibility index (Phi) is 3.33. The minimum Gasteiger partial charge on any atom is -0.392 e. The lowest BCUT2D eigenvalue weighted by Crippen LogP contribution is -1.93. The highest BCUT2D eigenvalue weighted by molar-refractivity contribution is 5.67. The van der Waals surface area contributed by atoms with Crippen molar-refractivity contribution < 1.29 is 5.11 Å². The van der Waals surface area contributed by atoms with Gasteiger partial charge in [0.25, 0.3) is 0 Å². The molecular formula is C18H14N4O. The minimum atomic E-state index is 0.0297. The molecule has 0 unspecified atom stereocenters. The molecule has 1 aromatic carbocycles. The Morgan fingerprint density at radius 2 is 1.87 bits per heavy atom. The lowest BCUT2D eigenvalue weighted by molar-refractivity contribution is 0.282. The molecule has 5 heteroatoms. The quantitative estimate of drug-likeness (QED) is 0.632. The van der Waals surface area contributed by atoms with Crippen LogP contribution in [0.5, 0.6) is 0 Å². The Bertz CT molecular complexity index is 963. The average Bonchev–Trinajstić information content (AvgIpc) is 3.05. The Hall–Kier alpha value is -3.05. The standard InChI is InChI=1S/C18H14N4O/c23-12-13-4-3-5-14(10-13)15-7-8-17-20-21-18(22(17)11-15)16-6-1-2-9-19-16/h1-11,23H,12H2. The summed E-state index contributed by atoms with van der Waals surface area (Å²) in [4.78, 5) is 4.34. The molecule has 0 amide bonds. The Balaban J connectivity index is 1.87. The fraction of sp³-hybridized carbons (Fsp3) is 0.0556. The van der Waals surface area contributed by atoms with Crippen molar-refractivity contribution in [1.29, 1.82) is 0 Å². The Morgan fingerprint density at radius 1 is 0.913 bits per heavy atom. The van der Waals surface area contributed by atoms with Crippen molar-refractivity contribution in [3.8, 4) is 22.6 Å². The van der Waals surface area contributed by atoms with E-state index in [4.69, 9.17) is 0 Å². The van der Waals surface area contributed by atoms with E-state index in [9.17, 15) is 5.11 Å². The van der Waals surface area contributed by atoms with E-state index in [0.717, 1.165) is 28.0 Å². The summed E-state index contributed by atoms with van der Waals surface area (Å²) in [5.74, 6) is 0.709. The molecule has 23 heavy (non-hydrogen) atoms. The molecular weight excluding hydrogens is 288 g/mol. The molecule has 5 nitrogen and oxygen atoms in total. The number of fused-ring (bicyclic) bond motifs is 1. The maximum atomic E-state index is 9.31. The van der Waals surface area contributed by atoms with E-state index in [1.165, 1.54) is 0 Å². The van der Waals surface area contributed by atoms with Gasteiger partial charge >= 0.3 is 0 Å². The molecule has 4 rings (SSSR count). The first-order chi connectivity index (χ1) is 11.3. The molecule has 0 aliphatic carbocycles. The van der Waals surface area contributed by atoms with Gasteiger partial charge in [-0.1, -0.05) is 24.3 Å². The number of aliphatic hydroxyl groups excluding tert-OH is 1. The van der Waals surface area contributed by atoms with Crippen LogP contribution in [0.15, 0.2) is 67.0 Å². The fourth-order valence-electron chi connectivity index (χ4n) is 2.58. The molecule has 0 saturated carbocycles. The second kappa shape index (κ2) is 5.62. The molecule has 0 atom stereocenters. The summed E-state index contributed by atoms with van der Waals surface area (Å²) in [5.41, 5.74) is 4.51. The SMILES string of the molecule is OCc1cccc(-c2ccc3nnc(-c4ccccn4)n3c2)c1. The predicted octanol–water partition coefficient (Wildman–Crippen LogP) is 2.95. The van der Waals surface area contributed by atoms with Crippen LogP contribution in [-0.2, 0) is 6.61 Å². The topological polar surface area (TPSA) is 63.3 Å². The van der Waals surface area contributed by atoms with Crippen molar-refractivity contribution in [2.45, 2.75) is 6.61 Å². The van der Waals surface area contributed by atoms with E-state index in [1.54, 1.807) is 6.20 Å². The molecule has 3 heterocycles. The van der Waals surface area contributed by atoms with Gasteiger partial charge in [0.1, 0.15) is 5.69 Å². The third kappa shape index (κ3) is 2.47. The van der Waals surface area contributed by atoms with Crippen molar-refractivity contribution in [2.24, 2.45) is 0 Å². The fourth-order valence-corrected chi connectivity index (χ4v) is 2.58. The highest BCUT2D eigenvalue weighted by atomic mass is 16.3. The summed E-state index contributed by atoms with van der Waals surface area (Å²) in [6.45, 7) is 0.0297. The molecule has 1 N–H and O–H groups in total. The predicted molar refractivity (Wildman–Crippen MR) is 87.6 cm³/mol. The lowest BCUT2D eigenvalue weighted by Gasteiger charge is -2.06. The van der Waals surface area contributed by atoms with Gasteiger partial charge in [-0.2, -0.15) is 0 Å². The van der Waals surface area contributed by atoms with Gasteiger partial charge < -0.3 is 5.11 Å². The van der Waals surface area contributed by atoms with Gasteiger partial charge in [-0.3, -0.25) is 9.38 Å². The normalized spacial score (nSPS) is 11.0. The van der Waals surface area contributed by atoms with Crippen molar-refractivity contribution in [3.63, 3.8) is 0 Å². The van der Waals surface area contributed by atoms with Crippen molar-refractivity contribution in [3.05, 3.63) is 72.6 Å². The first-order valence-corrected chi connectivity index (χ1v) is 7.31. The van der Waals surface area contributed by atoms with E-state index < -0.39 is 0 Å². The van der Waals surface area contributed by atoms with E-state index >= 15 is 0 Å². The number of benzene rings is 1. The third-order valence-corrected chi connectivity index (χ3v) is 3.74. The summed E-state index contributed by atoms with van der Waals surface area (Å²) in [7, 11) is 0. The number of hydrogen-bond acceptors (Lipinski definition) is 4. The van der Waals surface area contributed by atoms with Crippen LogP contribution in [0.2, 0.25) is 0 Å². The molecule has 0 spiro atoms. The van der Waals surface area contributed by atoms with Crippen molar-refractivity contribution >= 4 is 5.65 Å². The average molecular weight is 302 g/mol. The number of nitrogens with zero attached hydrogens (tertiary/aromatic N) is 4. The van der Waals surface area contributed by atoms with Crippen LogP contribution >= 0.6 is 0 Å². The van der Waals surface area contributed by atoms with Crippen LogP contribution in [0.25, 0.3) is 28.3 Å². The molecule has 4 aromatic rings. The summed E-state index contributed by atoms with van der Waals surface area (Å²) >= 11 is 0. The monoisotopic (exact) mass is 302 g/mol. The number of aliphatic hydroxyl groups is 1. The molecule has 3 aromatic heterocycles. The van der Waals surface area contributed by atoms with Gasteiger partial charge in [-0.25, -0.2) is 0 Å². The zero-order chi connectivity index (χ0) is 15.6. The third-order valence-electron chi connectivity index (χ3n) is 3.74. The summed E-state index contributed by atoms with van der Waals surface area (Å²) in [6.07, 6.45) is 3.74. The molecule has 0 fully saturated rings. The van der Waals surface area contributed by atoms with E-state index in [0.29, 0.717) is 5.82 Å². The first kappa shape index (κ1) is 13.6. The highest BCUT2D eigenvalue weighted by Crippen LogP contribution is 2.23. The number of pyridine rings is 2. The summed E-state index contributed by atoms with van der Waals surface area (Å²) in [5, 5.41) is 17.7. The molecule has 0 saturated heterocycles. The molecule has 0 bridgehead atoms. The van der Waals surface area contributed by atoms with E-state index in [-0.39, 0.29) is 6.61 Å². The maximum absolute atomic E-state index is 9.31. The molecule has 0 aliphatic heterocycles. The minimum absolute atomic E-state index is 0.0297. The number of hydrogen-bond donors (Lipinski definition) is 1. The van der Waals surface area contributed by atoms with Crippen molar-refractivity contribution in [1.82, 2.24) is 19.6 Å². The van der Waals surface area contributed by atoms with Gasteiger partial charge in [-0.05, 0) is 47.0 Å². The van der Waals surface area contributed by atoms with Crippen LogP contribution < -0.4 is 0 Å². The Morgan fingerprint density at radius 3 is 2.70 bits per heavy atom. The second-order valence-corrected chi connectivity index (χ2v) is 5.24. The summed E-state index contributed by atoms with van der Waals surface area (Å²) < 4.78 is 1.93. The van der Waals surface area contributed by atoms with Gasteiger partial charge in [0.2, 0.25) is 0 Å². The van der Waals surface area contributed by atoms with Gasteiger partial charge in [-0.15, -0.1) is 10.2 Å². The van der Waals surface area contributed by atoms with Crippen LogP contribution in [0.3, 0.4) is 0 Å². The molecule has 0 radical (unpaired) electrons. The van der Waals surface area contributed by atoms with Gasteiger partial charge in [0, 0.05) is 12.4 Å². The summed E-state index contributed by atoms with van der Waals surface area (Å²) in [6, 6.07) is 17.5. The second-order valence-electron chi connectivity index (χ2n) is 5.24. The van der Waals surface area contributed by atoms with Crippen LogP contribution in [0, 0.1) is 0 Å². The maximum Gasteiger partial charge on any atom is 0.187 e. The largest absolute Gasteiger partial charge is 0.392 e. The van der Waals surface area contributed by atoms with Gasteiger partial charge in [0.05, 0.1) is 6.61 Å². The van der Waals surface area contributed by atoms with Gasteiger partial charge in [0.15, 0.2) is 11.5 Å². The van der Waals surface area contributed by atoms with E-state index in [1.807, 2.05) is 65.2 Å². The Labute approximate surface area is 132 Å². The van der Waals surface area contributed by atoms with Crippen LogP contribution in [0.1, 0.15) is 5.56 Å². The van der Waals surface area contributed by atoms with Crippen LogP contribution in [-0.4, -0.2) is 24.7 Å². The smallest absolute Gasteiger partial charge is 0.187 e. The van der Waals surface area contributed by atoms with Crippen LogP contribution in [0.4, 0.5) is 0 Å².